The molecule has 21 heavy (non-hydrogen) atoms. The van der Waals surface area contributed by atoms with Crippen molar-refractivity contribution in [2.45, 2.75) is 13.3 Å². The van der Waals surface area contributed by atoms with Gasteiger partial charge in [-0.05, 0) is 6.07 Å². The first-order valence-electron chi connectivity index (χ1n) is 6.29. The third-order valence-corrected chi connectivity index (χ3v) is 3.28. The number of methoxy groups -OCH3 is 2. The summed E-state index contributed by atoms with van der Waals surface area (Å²) in [5.74, 6) is 2.35. The summed E-state index contributed by atoms with van der Waals surface area (Å²) in [6.45, 7) is 1.96. The van der Waals surface area contributed by atoms with Crippen molar-refractivity contribution < 1.29 is 9.47 Å². The Morgan fingerprint density at radius 1 is 1.05 bits per heavy atom. The minimum atomic E-state index is 0.378. The normalized spacial score (nSPS) is 10.3. The molecule has 0 amide bonds. The standard InChI is InChI=1S/C14H15Cl2N3O2/c1-4-13-18-12(16)7-14(19-13)17-9-5-8(15)10(20-2)6-11(9)21-3/h5-7H,4H2,1-3H3,(H,17,18,19). The van der Waals surface area contributed by atoms with Gasteiger partial charge in [0.25, 0.3) is 0 Å². The summed E-state index contributed by atoms with van der Waals surface area (Å²) in [5, 5.41) is 3.98. The zero-order valence-corrected chi connectivity index (χ0v) is 13.4. The van der Waals surface area contributed by atoms with E-state index in [0.29, 0.717) is 45.4 Å². The number of halogens is 2. The number of anilines is 2. The van der Waals surface area contributed by atoms with Crippen molar-refractivity contribution in [1.82, 2.24) is 9.97 Å². The topological polar surface area (TPSA) is 56.3 Å². The van der Waals surface area contributed by atoms with E-state index in [1.54, 1.807) is 32.4 Å². The molecule has 0 spiro atoms. The van der Waals surface area contributed by atoms with Crippen molar-refractivity contribution in [3.05, 3.63) is 34.2 Å². The molecule has 7 heteroatoms. The first kappa shape index (κ1) is 15.7. The number of ether oxygens (including phenoxy) is 2. The zero-order valence-electron chi connectivity index (χ0n) is 11.9. The minimum absolute atomic E-state index is 0.378. The molecule has 0 fully saturated rings. The summed E-state index contributed by atoms with van der Waals surface area (Å²) in [6.07, 6.45) is 0.690. The van der Waals surface area contributed by atoms with Crippen LogP contribution in [0.5, 0.6) is 11.5 Å². The number of aromatic nitrogens is 2. The maximum atomic E-state index is 6.14. The molecule has 112 valence electrons. The molecule has 0 saturated heterocycles. The summed E-state index contributed by atoms with van der Waals surface area (Å²) in [6, 6.07) is 5.05. The predicted molar refractivity (Wildman–Crippen MR) is 84.3 cm³/mol. The Morgan fingerprint density at radius 3 is 2.38 bits per heavy atom. The third kappa shape index (κ3) is 3.68. The zero-order chi connectivity index (χ0) is 15.4. The second-order valence-electron chi connectivity index (χ2n) is 4.16. The lowest BCUT2D eigenvalue weighted by atomic mass is 10.2. The average Bonchev–Trinajstić information content (AvgIpc) is 2.47. The maximum absolute atomic E-state index is 6.14. The van der Waals surface area contributed by atoms with Gasteiger partial charge in [0.2, 0.25) is 0 Å². The number of hydrogen-bond donors (Lipinski definition) is 1. The first-order valence-corrected chi connectivity index (χ1v) is 7.05. The fraction of sp³-hybridized carbons (Fsp3) is 0.286. The molecule has 0 saturated carbocycles. The molecule has 1 aromatic heterocycles. The van der Waals surface area contributed by atoms with E-state index in [-0.39, 0.29) is 0 Å². The number of nitrogens with one attached hydrogen (secondary N) is 1. The second-order valence-corrected chi connectivity index (χ2v) is 4.95. The molecule has 1 aromatic carbocycles. The molecule has 5 nitrogen and oxygen atoms in total. The molecule has 2 rings (SSSR count). The predicted octanol–water partition coefficient (Wildman–Crippen LogP) is 4.11. The van der Waals surface area contributed by atoms with Gasteiger partial charge in [0, 0.05) is 18.6 Å². The molecule has 0 bridgehead atoms. The number of nitrogens with zero attached hydrogens (tertiary/aromatic N) is 2. The molecule has 0 atom stereocenters. The molecular formula is C14H15Cl2N3O2. The van der Waals surface area contributed by atoms with E-state index in [9.17, 15) is 0 Å². The molecule has 1 heterocycles. The van der Waals surface area contributed by atoms with Gasteiger partial charge in [-0.1, -0.05) is 30.1 Å². The molecule has 2 aromatic rings. The molecular weight excluding hydrogens is 313 g/mol. The Balaban J connectivity index is 2.39. The Kier molecular flexibility index (Phi) is 5.09. The summed E-state index contributed by atoms with van der Waals surface area (Å²) in [5.41, 5.74) is 0.667. The van der Waals surface area contributed by atoms with E-state index in [4.69, 9.17) is 32.7 Å². The van der Waals surface area contributed by atoms with E-state index in [0.717, 1.165) is 0 Å². The van der Waals surface area contributed by atoms with Gasteiger partial charge in [-0.15, -0.1) is 0 Å². The number of benzene rings is 1. The van der Waals surface area contributed by atoms with Gasteiger partial charge in [0.1, 0.15) is 28.3 Å². The highest BCUT2D eigenvalue weighted by Gasteiger charge is 2.11. The van der Waals surface area contributed by atoms with Crippen LogP contribution in [0.25, 0.3) is 0 Å². The average molecular weight is 328 g/mol. The lowest BCUT2D eigenvalue weighted by Gasteiger charge is -2.14. The van der Waals surface area contributed by atoms with Crippen LogP contribution >= 0.6 is 23.2 Å². The highest BCUT2D eigenvalue weighted by Crippen LogP contribution is 2.37. The maximum Gasteiger partial charge on any atom is 0.146 e. The molecule has 0 unspecified atom stereocenters. The molecule has 0 radical (unpaired) electrons. The minimum Gasteiger partial charge on any atom is -0.495 e. The van der Waals surface area contributed by atoms with Crippen LogP contribution in [-0.2, 0) is 6.42 Å². The molecule has 0 aliphatic carbocycles. The SMILES string of the molecule is CCc1nc(Cl)cc(Nc2cc(Cl)c(OC)cc2OC)n1. The second kappa shape index (κ2) is 6.83. The fourth-order valence-electron chi connectivity index (χ4n) is 1.78. The Hall–Kier alpha value is -1.72. The third-order valence-electron chi connectivity index (χ3n) is 2.79. The molecule has 0 aliphatic rings. The van der Waals surface area contributed by atoms with Crippen LogP contribution in [-0.4, -0.2) is 24.2 Å². The smallest absolute Gasteiger partial charge is 0.146 e. The van der Waals surface area contributed by atoms with Gasteiger partial charge in [-0.3, -0.25) is 0 Å². The van der Waals surface area contributed by atoms with Crippen molar-refractivity contribution in [3.63, 3.8) is 0 Å². The summed E-state index contributed by atoms with van der Waals surface area (Å²) in [7, 11) is 3.11. The van der Waals surface area contributed by atoms with E-state index in [1.165, 1.54) is 0 Å². The Labute approximate surface area is 133 Å². The van der Waals surface area contributed by atoms with Crippen LogP contribution in [0, 0.1) is 0 Å². The number of rotatable bonds is 5. The quantitative estimate of drug-likeness (QED) is 0.837. The van der Waals surface area contributed by atoms with Crippen molar-refractivity contribution in [3.8, 4) is 11.5 Å². The number of aryl methyl sites for hydroxylation is 1. The van der Waals surface area contributed by atoms with Gasteiger partial charge in [0.05, 0.1) is 24.9 Å². The fourth-order valence-corrected chi connectivity index (χ4v) is 2.22. The van der Waals surface area contributed by atoms with E-state index in [1.807, 2.05) is 6.92 Å². The lowest BCUT2D eigenvalue weighted by Crippen LogP contribution is -2.01. The van der Waals surface area contributed by atoms with Crippen LogP contribution in [0.15, 0.2) is 18.2 Å². The van der Waals surface area contributed by atoms with Crippen LogP contribution in [0.1, 0.15) is 12.7 Å². The molecule has 0 aliphatic heterocycles. The van der Waals surface area contributed by atoms with Crippen LogP contribution < -0.4 is 14.8 Å². The summed E-state index contributed by atoms with van der Waals surface area (Å²) in [4.78, 5) is 8.48. The summed E-state index contributed by atoms with van der Waals surface area (Å²) >= 11 is 12.1. The van der Waals surface area contributed by atoms with Gasteiger partial charge in [-0.2, -0.15) is 0 Å². The van der Waals surface area contributed by atoms with Gasteiger partial charge in [0.15, 0.2) is 0 Å². The van der Waals surface area contributed by atoms with Gasteiger partial charge >= 0.3 is 0 Å². The lowest BCUT2D eigenvalue weighted by molar-refractivity contribution is 0.396. The Bertz CT molecular complexity index is 650. The largest absolute Gasteiger partial charge is 0.495 e. The van der Waals surface area contributed by atoms with Crippen molar-refractivity contribution >= 4 is 34.7 Å². The van der Waals surface area contributed by atoms with E-state index < -0.39 is 0 Å². The summed E-state index contributed by atoms with van der Waals surface area (Å²) < 4.78 is 10.5. The van der Waals surface area contributed by atoms with Crippen LogP contribution in [0.2, 0.25) is 10.2 Å². The van der Waals surface area contributed by atoms with Gasteiger partial charge in [-0.25, -0.2) is 9.97 Å². The highest BCUT2D eigenvalue weighted by atomic mass is 35.5. The van der Waals surface area contributed by atoms with Crippen LogP contribution in [0.4, 0.5) is 11.5 Å². The Morgan fingerprint density at radius 2 is 1.76 bits per heavy atom. The van der Waals surface area contributed by atoms with Crippen molar-refractivity contribution in [2.75, 3.05) is 19.5 Å². The first-order chi connectivity index (χ1) is 10.1. The van der Waals surface area contributed by atoms with E-state index >= 15 is 0 Å². The van der Waals surface area contributed by atoms with Crippen molar-refractivity contribution in [2.24, 2.45) is 0 Å². The monoisotopic (exact) mass is 327 g/mol. The molecule has 1 N–H and O–H groups in total. The van der Waals surface area contributed by atoms with Crippen molar-refractivity contribution in [1.29, 1.82) is 0 Å². The highest BCUT2D eigenvalue weighted by molar-refractivity contribution is 6.32. The number of hydrogen-bond acceptors (Lipinski definition) is 5. The van der Waals surface area contributed by atoms with Crippen LogP contribution in [0.3, 0.4) is 0 Å². The van der Waals surface area contributed by atoms with E-state index in [2.05, 4.69) is 15.3 Å². The van der Waals surface area contributed by atoms with Gasteiger partial charge < -0.3 is 14.8 Å².